The van der Waals surface area contributed by atoms with Crippen molar-refractivity contribution in [1.82, 2.24) is 19.5 Å². The van der Waals surface area contributed by atoms with Crippen LogP contribution >= 0.6 is 22.7 Å². The van der Waals surface area contributed by atoms with Crippen molar-refractivity contribution in [3.63, 3.8) is 0 Å². The molecule has 11 aromatic rings. The molecule has 0 unspecified atom stereocenters. The molecule has 0 saturated heterocycles. The number of fused-ring (bicyclic) bond motifs is 13. The van der Waals surface area contributed by atoms with Crippen LogP contribution in [0, 0.1) is 0 Å². The number of aromatic nitrogens is 4. The minimum absolute atomic E-state index is 0.0959. The average Bonchev–Trinajstić information content (AvgIpc) is 4.09. The number of rotatable bonds is 3. The van der Waals surface area contributed by atoms with Crippen molar-refractivity contribution in [3.8, 4) is 39.9 Å². The number of benzene rings is 7. The third-order valence-corrected chi connectivity index (χ3v) is 12.5. The van der Waals surface area contributed by atoms with Crippen LogP contribution in [-0.2, 0) is 5.41 Å². The summed E-state index contributed by atoms with van der Waals surface area (Å²) >= 11 is 3.16. The quantitative estimate of drug-likeness (QED) is 0.181. The summed E-state index contributed by atoms with van der Waals surface area (Å²) in [5, 5.41) is 2.99. The zero-order valence-corrected chi connectivity index (χ0v) is 29.3. The normalized spacial score (nSPS) is 18.2. The van der Waals surface area contributed by atoms with Gasteiger partial charge in [-0.2, -0.15) is 9.97 Å². The molecule has 0 radical (unpaired) electrons. The molecule has 6 heteroatoms. The molecule has 0 N–H and O–H groups in total. The Bertz CT molecular complexity index is 4180. The maximum absolute atomic E-state index is 9.79. The summed E-state index contributed by atoms with van der Waals surface area (Å²) in [5.41, 5.74) is -5.89. The van der Waals surface area contributed by atoms with Crippen molar-refractivity contribution in [2.45, 2.75) is 19.1 Å². The Kier molecular flexibility index (Phi) is 3.78. The molecule has 4 heterocycles. The van der Waals surface area contributed by atoms with Gasteiger partial charge in [-0.25, -0.2) is 4.98 Å². The van der Waals surface area contributed by atoms with E-state index in [1.807, 2.05) is 84.9 Å². The largest absolute Gasteiger partial charge is 0.278 e. The Hall–Kier alpha value is -6.21. The van der Waals surface area contributed by atoms with Gasteiger partial charge in [-0.05, 0) is 70.7 Å². The van der Waals surface area contributed by atoms with Crippen LogP contribution in [-0.4, -0.2) is 19.5 Å². The fraction of sp³-hybridized carbons (Fsp3) is 0.0625. The summed E-state index contributed by atoms with van der Waals surface area (Å²) in [6, 6.07) is 19.1. The van der Waals surface area contributed by atoms with Crippen LogP contribution in [0.15, 0.2) is 145 Å². The predicted molar refractivity (Wildman–Crippen MR) is 228 cm³/mol. The predicted octanol–water partition coefficient (Wildman–Crippen LogP) is 13.3. The Labute approximate surface area is 341 Å². The first-order chi connectivity index (χ1) is 33.2. The van der Waals surface area contributed by atoms with Crippen LogP contribution < -0.4 is 0 Å². The van der Waals surface area contributed by atoms with Crippen LogP contribution in [0.3, 0.4) is 0 Å². The third-order valence-electron chi connectivity index (χ3n) is 10.2. The molecular weight excluding hydrogens is 697 g/mol. The molecule has 1 aliphatic carbocycles. The lowest BCUT2D eigenvalue weighted by molar-refractivity contribution is 0.666. The molecule has 0 atom stereocenters. The highest BCUT2D eigenvalue weighted by atomic mass is 32.1. The maximum Gasteiger partial charge on any atom is 0.238 e. The first kappa shape index (κ1) is 18.7. The molecule has 12 rings (SSSR count). The van der Waals surface area contributed by atoms with Crippen LogP contribution in [0.1, 0.15) is 46.8 Å². The molecule has 54 heavy (non-hydrogen) atoms. The molecule has 0 spiro atoms. The summed E-state index contributed by atoms with van der Waals surface area (Å²) in [6.07, 6.45) is 0. The van der Waals surface area contributed by atoms with Crippen molar-refractivity contribution in [2.75, 3.05) is 0 Å². The van der Waals surface area contributed by atoms with E-state index < -0.39 is 118 Å². The van der Waals surface area contributed by atoms with Crippen LogP contribution in [0.4, 0.5) is 0 Å². The summed E-state index contributed by atoms with van der Waals surface area (Å²) in [6.45, 7) is -7.36. The molecule has 0 aliphatic heterocycles. The van der Waals surface area contributed by atoms with E-state index in [1.54, 1.807) is 22.7 Å². The molecule has 4 aromatic heterocycles. The van der Waals surface area contributed by atoms with Gasteiger partial charge in [0.25, 0.3) is 0 Å². The fourth-order valence-electron chi connectivity index (χ4n) is 7.79. The monoisotopic (exact) mass is 742 g/mol. The second-order valence-electron chi connectivity index (χ2n) is 13.2. The molecule has 0 bridgehead atoms. The van der Waals surface area contributed by atoms with E-state index in [1.165, 1.54) is 0 Å². The van der Waals surface area contributed by atoms with E-state index in [2.05, 4.69) is 0 Å². The molecule has 0 fully saturated rings. The maximum atomic E-state index is 9.79. The zero-order chi connectivity index (χ0) is 49.4. The Morgan fingerprint density at radius 1 is 0.556 bits per heavy atom. The summed E-state index contributed by atoms with van der Waals surface area (Å²) in [7, 11) is 0. The van der Waals surface area contributed by atoms with Gasteiger partial charge in [0.15, 0.2) is 11.6 Å². The van der Waals surface area contributed by atoms with Crippen LogP contribution in [0.2, 0.25) is 0 Å². The average molecular weight is 743 g/mol. The minimum atomic E-state index is -3.68. The lowest BCUT2D eigenvalue weighted by Gasteiger charge is -2.22. The van der Waals surface area contributed by atoms with Gasteiger partial charge in [0.05, 0.1) is 24.7 Å². The first-order valence-electron chi connectivity index (χ1n) is 25.0. The number of thiophene rings is 2. The van der Waals surface area contributed by atoms with E-state index in [9.17, 15) is 5.48 Å². The summed E-state index contributed by atoms with van der Waals surface area (Å²) < 4.78 is 151. The number of nitrogens with zero attached hydrogens (tertiary/aromatic N) is 4. The molecule has 7 aromatic carbocycles. The highest BCUT2D eigenvalue weighted by Crippen LogP contribution is 2.53. The lowest BCUT2D eigenvalue weighted by atomic mass is 9.80. The second kappa shape index (κ2) is 10.9. The summed E-state index contributed by atoms with van der Waals surface area (Å²) in [4.78, 5) is 14.9. The van der Waals surface area contributed by atoms with Gasteiger partial charge >= 0.3 is 0 Å². The SMILES string of the molecule is [2H]c1c([2H])c([2H])c2c(c1[2H])-c1c([2H])c([2H])c3c(c1C2(C([2H])([2H])[2H])C([2H])([2H])[2H])c1c([2H])c([2H])c([2H])c([2H])c1n3-c1nc(-c2ccc3c(c2)sc2ccccc23)nc(-c2ccc3sc4ccccc4c3c2)n1. The van der Waals surface area contributed by atoms with Gasteiger partial charge in [0, 0.05) is 75.9 Å². The van der Waals surface area contributed by atoms with E-state index in [4.69, 9.17) is 31.4 Å². The molecule has 4 nitrogen and oxygen atoms in total. The van der Waals surface area contributed by atoms with Crippen molar-refractivity contribution in [3.05, 3.63) is 156 Å². The van der Waals surface area contributed by atoms with Crippen LogP contribution in [0.25, 0.3) is 102 Å². The lowest BCUT2D eigenvalue weighted by Crippen LogP contribution is -2.15. The molecule has 0 amide bonds. The van der Waals surface area contributed by atoms with Gasteiger partial charge in [-0.1, -0.05) is 111 Å². The topological polar surface area (TPSA) is 43.6 Å². The van der Waals surface area contributed by atoms with Gasteiger partial charge < -0.3 is 0 Å². The third kappa shape index (κ3) is 4.15. The number of para-hydroxylation sites is 1. The highest BCUT2D eigenvalue weighted by Gasteiger charge is 2.38. The van der Waals surface area contributed by atoms with E-state index in [0.717, 1.165) is 44.9 Å². The van der Waals surface area contributed by atoms with Crippen molar-refractivity contribution in [2.24, 2.45) is 0 Å². The number of hydrogen-bond acceptors (Lipinski definition) is 5. The Balaban J connectivity index is 1.27. The standard InChI is InChI=1S/C48H30N4S2/c1-48(2)36-15-7-3-11-29(36)33-22-23-38-43(44(33)48)34-14-4-8-16-37(34)52(38)47-50-45(27-20-24-41-35(25-27)31-13-6-10-18-40(31)53-41)49-46(51-47)28-19-21-32-30-12-5-9-17-39(30)54-42(32)26-28/h3-26H,1-2H3/i1D3,2D3,3D,4D,7D,8D,11D,14D,15D,16D,22D,23D. The van der Waals surface area contributed by atoms with Crippen molar-refractivity contribution >= 4 is 84.8 Å². The van der Waals surface area contributed by atoms with Crippen LogP contribution in [0.5, 0.6) is 0 Å². The smallest absolute Gasteiger partial charge is 0.238 e. The zero-order valence-electron chi connectivity index (χ0n) is 43.7. The molecule has 0 saturated carbocycles. The van der Waals surface area contributed by atoms with E-state index in [-0.39, 0.29) is 23.1 Å². The van der Waals surface area contributed by atoms with Gasteiger partial charge in [0.1, 0.15) is 0 Å². The van der Waals surface area contributed by atoms with Gasteiger partial charge in [0.2, 0.25) is 5.95 Å². The minimum Gasteiger partial charge on any atom is -0.278 e. The Morgan fingerprint density at radius 2 is 1.22 bits per heavy atom. The Morgan fingerprint density at radius 3 is 2.06 bits per heavy atom. The molecule has 1 aliphatic rings. The van der Waals surface area contributed by atoms with E-state index in [0.29, 0.717) is 11.1 Å². The second-order valence-corrected chi connectivity index (χ2v) is 15.4. The fourth-order valence-corrected chi connectivity index (χ4v) is 10.0. The number of hydrogen-bond donors (Lipinski definition) is 0. The van der Waals surface area contributed by atoms with Crippen molar-refractivity contribution < 1.29 is 21.9 Å². The van der Waals surface area contributed by atoms with Crippen molar-refractivity contribution in [1.29, 1.82) is 0 Å². The van der Waals surface area contributed by atoms with Gasteiger partial charge in [-0.3, -0.25) is 4.57 Å². The molecular formula is C48H30N4S2. The highest BCUT2D eigenvalue weighted by molar-refractivity contribution is 7.26. The van der Waals surface area contributed by atoms with Gasteiger partial charge in [-0.15, -0.1) is 22.7 Å². The summed E-state index contributed by atoms with van der Waals surface area (Å²) in [5.74, 6) is -0.129. The first-order valence-corrected chi connectivity index (χ1v) is 18.6. The van der Waals surface area contributed by atoms with E-state index >= 15 is 0 Å². The molecule has 254 valence electrons.